The van der Waals surface area contributed by atoms with Crippen LogP contribution >= 0.6 is 0 Å². The van der Waals surface area contributed by atoms with Crippen molar-refractivity contribution in [3.05, 3.63) is 78.6 Å². The highest BCUT2D eigenvalue weighted by Crippen LogP contribution is 2.29. The fourth-order valence-electron chi connectivity index (χ4n) is 3.94. The van der Waals surface area contributed by atoms with Gasteiger partial charge in [-0.15, -0.1) is 10.2 Å². The minimum Gasteiger partial charge on any atom is -0.494 e. The molecule has 0 bridgehead atoms. The van der Waals surface area contributed by atoms with Gasteiger partial charge in [0.25, 0.3) is 0 Å². The number of benzene rings is 2. The van der Waals surface area contributed by atoms with Gasteiger partial charge in [-0.3, -0.25) is 13.8 Å². The van der Waals surface area contributed by atoms with E-state index in [1.807, 2.05) is 54.0 Å². The zero-order valence-electron chi connectivity index (χ0n) is 18.8. The first-order chi connectivity index (χ1) is 16.4. The van der Waals surface area contributed by atoms with E-state index < -0.39 is 5.82 Å². The number of hydrogen-bond acceptors (Lipinski definition) is 5. The van der Waals surface area contributed by atoms with E-state index in [4.69, 9.17) is 4.74 Å². The number of carbonyl (C=O) groups excluding carboxylic acids is 1. The largest absolute Gasteiger partial charge is 0.494 e. The van der Waals surface area contributed by atoms with Crippen molar-refractivity contribution in [1.29, 1.82) is 0 Å². The summed E-state index contributed by atoms with van der Waals surface area (Å²) in [7, 11) is 1.43. The predicted octanol–water partition coefficient (Wildman–Crippen LogP) is 4.66. The third-order valence-electron chi connectivity index (χ3n) is 5.51. The smallest absolute Gasteiger partial charge is 0.221 e. The molecule has 0 aliphatic carbocycles. The summed E-state index contributed by atoms with van der Waals surface area (Å²) in [5.41, 5.74) is 5.84. The molecule has 5 aromatic rings. The van der Waals surface area contributed by atoms with Gasteiger partial charge in [-0.1, -0.05) is 12.1 Å². The molecule has 5 rings (SSSR count). The molecule has 0 radical (unpaired) electrons. The number of carbonyl (C=O) groups is 1. The Hall–Kier alpha value is -4.53. The van der Waals surface area contributed by atoms with E-state index in [0.717, 1.165) is 33.7 Å². The Labute approximate surface area is 194 Å². The Morgan fingerprint density at radius 2 is 1.88 bits per heavy atom. The summed E-state index contributed by atoms with van der Waals surface area (Å²) in [5, 5.41) is 11.2. The number of imidazole rings is 1. The molecule has 0 saturated carbocycles. The minimum absolute atomic E-state index is 0.120. The van der Waals surface area contributed by atoms with Crippen molar-refractivity contribution < 1.29 is 13.9 Å². The quantitative estimate of drug-likeness (QED) is 0.416. The lowest BCUT2D eigenvalue weighted by Gasteiger charge is -2.11. The first kappa shape index (κ1) is 21.3. The van der Waals surface area contributed by atoms with E-state index >= 15 is 0 Å². The van der Waals surface area contributed by atoms with Crippen LogP contribution in [0.2, 0.25) is 0 Å². The topological polar surface area (TPSA) is 86.3 Å². The van der Waals surface area contributed by atoms with Crippen molar-refractivity contribution in [1.82, 2.24) is 24.1 Å². The van der Waals surface area contributed by atoms with Crippen LogP contribution in [0, 0.1) is 12.7 Å². The lowest BCUT2D eigenvalue weighted by Crippen LogP contribution is -2.05. The molecule has 0 unspecified atom stereocenters. The van der Waals surface area contributed by atoms with E-state index in [-0.39, 0.29) is 11.7 Å². The van der Waals surface area contributed by atoms with Gasteiger partial charge in [-0.2, -0.15) is 0 Å². The molecule has 8 nitrogen and oxygen atoms in total. The van der Waals surface area contributed by atoms with Gasteiger partial charge >= 0.3 is 0 Å². The van der Waals surface area contributed by atoms with Gasteiger partial charge in [-0.25, -0.2) is 9.37 Å². The highest BCUT2D eigenvalue weighted by atomic mass is 19.1. The molecule has 0 fully saturated rings. The molecule has 9 heteroatoms. The van der Waals surface area contributed by atoms with Crippen LogP contribution in [0.1, 0.15) is 12.5 Å². The van der Waals surface area contributed by atoms with Gasteiger partial charge in [0.2, 0.25) is 5.91 Å². The second kappa shape index (κ2) is 8.43. The Balaban J connectivity index is 1.60. The standard InChI is InChI=1S/C25H21FN6O2/c1-15-10-18(25-30-28-14-32(25)20-8-9-21(26)23(11-20)34-3)13-31-22(12-27-24(15)31)17-4-6-19(7-5-17)29-16(2)33/h4-14H,1-3H3,(H,29,33). The van der Waals surface area contributed by atoms with Crippen LogP contribution in [0.4, 0.5) is 10.1 Å². The first-order valence-corrected chi connectivity index (χ1v) is 10.5. The number of fused-ring (bicyclic) bond motifs is 1. The number of aromatic nitrogens is 5. The third-order valence-corrected chi connectivity index (χ3v) is 5.51. The fraction of sp³-hybridized carbons (Fsp3) is 0.120. The van der Waals surface area contributed by atoms with Gasteiger partial charge in [0.1, 0.15) is 12.0 Å². The van der Waals surface area contributed by atoms with Crippen molar-refractivity contribution >= 4 is 17.2 Å². The maximum atomic E-state index is 13.9. The lowest BCUT2D eigenvalue weighted by atomic mass is 10.1. The molecular weight excluding hydrogens is 435 g/mol. The molecule has 3 heterocycles. The van der Waals surface area contributed by atoms with Gasteiger partial charge in [0.15, 0.2) is 17.4 Å². The zero-order valence-corrected chi connectivity index (χ0v) is 18.8. The molecule has 0 atom stereocenters. The number of pyridine rings is 1. The minimum atomic E-state index is -0.439. The second-order valence-electron chi connectivity index (χ2n) is 7.85. The average Bonchev–Trinajstić information content (AvgIpc) is 3.47. The summed E-state index contributed by atoms with van der Waals surface area (Å²) in [6.45, 7) is 3.46. The van der Waals surface area contributed by atoms with E-state index in [2.05, 4.69) is 20.5 Å². The summed E-state index contributed by atoms with van der Waals surface area (Å²) in [6, 6.07) is 14.2. The Morgan fingerprint density at radius 1 is 1.09 bits per heavy atom. The van der Waals surface area contributed by atoms with E-state index in [1.165, 1.54) is 20.1 Å². The van der Waals surface area contributed by atoms with Crippen LogP contribution in [0.5, 0.6) is 5.75 Å². The van der Waals surface area contributed by atoms with E-state index in [1.54, 1.807) is 23.0 Å². The normalized spacial score (nSPS) is 11.1. The summed E-state index contributed by atoms with van der Waals surface area (Å²) >= 11 is 0. The number of methoxy groups -OCH3 is 1. The summed E-state index contributed by atoms with van der Waals surface area (Å²) in [5.74, 6) is 0.180. The number of hydrogen-bond donors (Lipinski definition) is 1. The predicted molar refractivity (Wildman–Crippen MR) is 127 cm³/mol. The highest BCUT2D eigenvalue weighted by molar-refractivity contribution is 5.89. The molecule has 3 aromatic heterocycles. The zero-order chi connectivity index (χ0) is 23.8. The molecule has 0 aliphatic rings. The molecule has 34 heavy (non-hydrogen) atoms. The van der Waals surface area contributed by atoms with Crippen molar-refractivity contribution in [2.75, 3.05) is 12.4 Å². The van der Waals surface area contributed by atoms with Crippen molar-refractivity contribution in [3.63, 3.8) is 0 Å². The Bertz CT molecular complexity index is 1520. The summed E-state index contributed by atoms with van der Waals surface area (Å²) in [6.07, 6.45) is 5.35. The van der Waals surface area contributed by atoms with E-state index in [0.29, 0.717) is 11.5 Å². The van der Waals surface area contributed by atoms with Crippen LogP contribution < -0.4 is 10.1 Å². The number of aryl methyl sites for hydroxylation is 1. The van der Waals surface area contributed by atoms with Crippen molar-refractivity contribution in [3.8, 4) is 34.1 Å². The number of amides is 1. The number of halogens is 1. The molecule has 0 saturated heterocycles. The third kappa shape index (κ3) is 3.77. The SMILES string of the molecule is COc1cc(-n2cnnc2-c2cc(C)c3ncc(-c4ccc(NC(C)=O)cc4)n3c2)ccc1F. The maximum absolute atomic E-state index is 13.9. The maximum Gasteiger partial charge on any atom is 0.221 e. The molecule has 170 valence electrons. The number of nitrogens with zero attached hydrogens (tertiary/aromatic N) is 5. The number of ether oxygens (including phenoxy) is 1. The number of nitrogens with one attached hydrogen (secondary N) is 1. The van der Waals surface area contributed by atoms with E-state index in [9.17, 15) is 9.18 Å². The summed E-state index contributed by atoms with van der Waals surface area (Å²) < 4.78 is 22.8. The first-order valence-electron chi connectivity index (χ1n) is 10.5. The molecule has 0 aliphatic heterocycles. The van der Waals surface area contributed by atoms with Gasteiger partial charge in [0.05, 0.1) is 24.7 Å². The van der Waals surface area contributed by atoms with Gasteiger partial charge in [0, 0.05) is 36.0 Å². The van der Waals surface area contributed by atoms with Crippen LogP contribution in [-0.4, -0.2) is 37.2 Å². The average molecular weight is 456 g/mol. The van der Waals surface area contributed by atoms with Crippen LogP contribution in [0.3, 0.4) is 0 Å². The molecule has 1 amide bonds. The summed E-state index contributed by atoms with van der Waals surface area (Å²) in [4.78, 5) is 15.9. The second-order valence-corrected chi connectivity index (χ2v) is 7.85. The molecule has 2 aromatic carbocycles. The number of rotatable bonds is 5. The van der Waals surface area contributed by atoms with Crippen LogP contribution in [0.25, 0.3) is 34.0 Å². The van der Waals surface area contributed by atoms with Crippen molar-refractivity contribution in [2.45, 2.75) is 13.8 Å². The monoisotopic (exact) mass is 456 g/mol. The molecule has 0 spiro atoms. The van der Waals surface area contributed by atoms with Crippen molar-refractivity contribution in [2.24, 2.45) is 0 Å². The van der Waals surface area contributed by atoms with Gasteiger partial charge in [-0.05, 0) is 42.8 Å². The molecular formula is C25H21FN6O2. The number of anilines is 1. The Kier molecular flexibility index (Phi) is 5.29. The van der Waals surface area contributed by atoms with Crippen LogP contribution in [-0.2, 0) is 4.79 Å². The fourth-order valence-corrected chi connectivity index (χ4v) is 3.94. The lowest BCUT2D eigenvalue weighted by molar-refractivity contribution is -0.114. The Morgan fingerprint density at radius 3 is 2.62 bits per heavy atom. The van der Waals surface area contributed by atoms with Crippen LogP contribution in [0.15, 0.2) is 67.3 Å². The molecule has 1 N–H and O–H groups in total. The van der Waals surface area contributed by atoms with Gasteiger partial charge < -0.3 is 10.1 Å². The highest BCUT2D eigenvalue weighted by Gasteiger charge is 2.16.